The van der Waals surface area contributed by atoms with Crippen LogP contribution in [0.25, 0.3) is 11.1 Å². The lowest BCUT2D eigenvalue weighted by Crippen LogP contribution is -2.43. The molecule has 0 saturated carbocycles. The van der Waals surface area contributed by atoms with Gasteiger partial charge in [0.05, 0.1) is 19.7 Å². The highest BCUT2D eigenvalue weighted by Gasteiger charge is 2.31. The molecule has 1 aliphatic heterocycles. The minimum Gasteiger partial charge on any atom is -0.497 e. The van der Waals surface area contributed by atoms with Crippen molar-refractivity contribution in [1.29, 1.82) is 0 Å². The van der Waals surface area contributed by atoms with Crippen LogP contribution in [0, 0.1) is 5.92 Å². The van der Waals surface area contributed by atoms with E-state index in [9.17, 15) is 9.59 Å². The molecular weight excluding hydrogens is 412 g/mol. The highest BCUT2D eigenvalue weighted by molar-refractivity contribution is 5.98. The van der Waals surface area contributed by atoms with E-state index in [1.54, 1.807) is 7.11 Å². The first-order valence-corrected chi connectivity index (χ1v) is 11.5. The third-order valence-corrected chi connectivity index (χ3v) is 6.84. The van der Waals surface area contributed by atoms with E-state index in [-0.39, 0.29) is 23.7 Å². The Bertz CT molecular complexity index is 1120. The van der Waals surface area contributed by atoms with Gasteiger partial charge in [0, 0.05) is 11.5 Å². The Labute approximate surface area is 194 Å². The van der Waals surface area contributed by atoms with Gasteiger partial charge in [-0.1, -0.05) is 48.5 Å². The zero-order chi connectivity index (χ0) is 22.8. The molecule has 1 fully saturated rings. The maximum absolute atomic E-state index is 13.0. The van der Waals surface area contributed by atoms with Gasteiger partial charge in [-0.15, -0.1) is 0 Å². The smallest absolute Gasteiger partial charge is 0.234 e. The summed E-state index contributed by atoms with van der Waals surface area (Å²) in [4.78, 5) is 28.0. The number of carbonyl (C=O) groups excluding carboxylic acids is 2. The zero-order valence-electron chi connectivity index (χ0n) is 18.8. The second kappa shape index (κ2) is 9.20. The number of hydrogen-bond acceptors (Lipinski definition) is 4. The number of benzene rings is 3. The van der Waals surface area contributed by atoms with Gasteiger partial charge < -0.3 is 10.1 Å². The number of hydrogen-bond donors (Lipinski definition) is 1. The van der Waals surface area contributed by atoms with Crippen molar-refractivity contribution in [2.24, 2.45) is 5.92 Å². The van der Waals surface area contributed by atoms with E-state index in [1.165, 1.54) is 11.1 Å². The number of amides is 1. The number of rotatable bonds is 6. The third kappa shape index (κ3) is 4.29. The van der Waals surface area contributed by atoms with Gasteiger partial charge >= 0.3 is 0 Å². The molecule has 1 aliphatic carbocycles. The molecule has 5 nitrogen and oxygen atoms in total. The van der Waals surface area contributed by atoms with Crippen LogP contribution in [0.15, 0.2) is 72.8 Å². The van der Waals surface area contributed by atoms with Crippen LogP contribution < -0.4 is 10.1 Å². The minimum atomic E-state index is -0.112. The fourth-order valence-corrected chi connectivity index (χ4v) is 5.07. The molecule has 0 atom stereocenters. The summed E-state index contributed by atoms with van der Waals surface area (Å²) in [6.45, 7) is 1.85. The van der Waals surface area contributed by atoms with Gasteiger partial charge in [-0.25, -0.2) is 0 Å². The quantitative estimate of drug-likeness (QED) is 0.575. The fourth-order valence-electron chi connectivity index (χ4n) is 5.07. The van der Waals surface area contributed by atoms with E-state index in [0.29, 0.717) is 6.54 Å². The molecule has 1 saturated heterocycles. The minimum absolute atomic E-state index is 0.00583. The van der Waals surface area contributed by atoms with Crippen molar-refractivity contribution in [2.45, 2.75) is 18.9 Å². The highest BCUT2D eigenvalue weighted by atomic mass is 16.5. The molecule has 1 N–H and O–H groups in total. The van der Waals surface area contributed by atoms with Crippen LogP contribution >= 0.6 is 0 Å². The number of fused-ring (bicyclic) bond motifs is 3. The second-order valence-electron chi connectivity index (χ2n) is 8.82. The molecule has 5 heteroatoms. The molecule has 2 aliphatic rings. The molecule has 5 rings (SSSR count). The molecule has 33 heavy (non-hydrogen) atoms. The van der Waals surface area contributed by atoms with Crippen LogP contribution in [-0.4, -0.2) is 43.3 Å². The highest BCUT2D eigenvalue weighted by Crippen LogP contribution is 2.42. The van der Waals surface area contributed by atoms with Gasteiger partial charge in [0.2, 0.25) is 5.91 Å². The molecule has 1 amide bonds. The van der Waals surface area contributed by atoms with Crippen LogP contribution in [-0.2, 0) is 4.79 Å². The fraction of sp³-hybridized carbons (Fsp3) is 0.286. The Balaban J connectivity index is 1.18. The van der Waals surface area contributed by atoms with E-state index in [1.807, 2.05) is 48.5 Å². The van der Waals surface area contributed by atoms with Crippen LogP contribution in [0.1, 0.15) is 40.4 Å². The number of methoxy groups -OCH3 is 1. The molecule has 1 heterocycles. The van der Waals surface area contributed by atoms with Crippen molar-refractivity contribution in [1.82, 2.24) is 10.2 Å². The Morgan fingerprint density at radius 3 is 2.03 bits per heavy atom. The van der Waals surface area contributed by atoms with Crippen LogP contribution in [0.4, 0.5) is 0 Å². The van der Waals surface area contributed by atoms with Crippen molar-refractivity contribution < 1.29 is 14.3 Å². The predicted octanol–water partition coefficient (Wildman–Crippen LogP) is 4.48. The lowest BCUT2D eigenvalue weighted by Gasteiger charge is -2.31. The monoisotopic (exact) mass is 440 g/mol. The first kappa shape index (κ1) is 21.4. The summed E-state index contributed by atoms with van der Waals surface area (Å²) in [7, 11) is 1.62. The number of likely N-dealkylation sites (tertiary alicyclic amines) is 1. The third-order valence-electron chi connectivity index (χ3n) is 6.84. The van der Waals surface area contributed by atoms with Gasteiger partial charge in [0.15, 0.2) is 5.78 Å². The number of carbonyl (C=O) groups is 2. The molecule has 0 unspecified atom stereocenters. The molecule has 3 aromatic rings. The number of nitrogens with one attached hydrogen (secondary N) is 1. The zero-order valence-corrected chi connectivity index (χ0v) is 18.8. The molecule has 168 valence electrons. The summed E-state index contributed by atoms with van der Waals surface area (Å²) in [6, 6.07) is 23.7. The summed E-state index contributed by atoms with van der Waals surface area (Å²) in [5.41, 5.74) is 5.41. The normalized spacial score (nSPS) is 16.2. The Kier molecular flexibility index (Phi) is 5.97. The van der Waals surface area contributed by atoms with Gasteiger partial charge in [0.25, 0.3) is 0 Å². The SMILES string of the molecule is COc1ccc(C(=O)C2CCN(CC(=O)NC3c4ccccc4-c4ccccc43)CC2)cc1. The number of ether oxygens (including phenoxy) is 1. The van der Waals surface area contributed by atoms with Gasteiger partial charge in [-0.2, -0.15) is 0 Å². The Morgan fingerprint density at radius 1 is 0.879 bits per heavy atom. The summed E-state index contributed by atoms with van der Waals surface area (Å²) < 4.78 is 5.18. The summed E-state index contributed by atoms with van der Waals surface area (Å²) >= 11 is 0. The number of nitrogens with zero attached hydrogens (tertiary/aromatic N) is 1. The van der Waals surface area contributed by atoms with E-state index in [2.05, 4.69) is 34.5 Å². The van der Waals surface area contributed by atoms with Crippen molar-refractivity contribution >= 4 is 11.7 Å². The standard InChI is InChI=1S/C28H28N2O3/c1-33-21-12-10-19(11-13-21)28(32)20-14-16-30(17-15-20)18-26(31)29-27-24-8-4-2-6-22(24)23-7-3-5-9-25(23)27/h2-13,20,27H,14-18H2,1H3,(H,29,31). The summed E-state index contributed by atoms with van der Waals surface area (Å²) in [6.07, 6.45) is 1.54. The lowest BCUT2D eigenvalue weighted by atomic mass is 9.89. The first-order valence-electron chi connectivity index (χ1n) is 11.5. The largest absolute Gasteiger partial charge is 0.497 e. The van der Waals surface area contributed by atoms with Crippen molar-refractivity contribution in [3.05, 3.63) is 89.5 Å². The van der Waals surface area contributed by atoms with Crippen molar-refractivity contribution in [2.75, 3.05) is 26.7 Å². The van der Waals surface area contributed by atoms with Gasteiger partial charge in [-0.05, 0) is 72.5 Å². The average molecular weight is 441 g/mol. The Morgan fingerprint density at radius 2 is 1.45 bits per heavy atom. The first-order chi connectivity index (χ1) is 16.1. The predicted molar refractivity (Wildman–Crippen MR) is 128 cm³/mol. The summed E-state index contributed by atoms with van der Waals surface area (Å²) in [5.74, 6) is 0.957. The second-order valence-corrected chi connectivity index (χ2v) is 8.82. The maximum atomic E-state index is 13.0. The molecule has 0 spiro atoms. The molecular formula is C28H28N2O3. The van der Waals surface area contributed by atoms with Gasteiger partial charge in [-0.3, -0.25) is 14.5 Å². The van der Waals surface area contributed by atoms with E-state index >= 15 is 0 Å². The van der Waals surface area contributed by atoms with E-state index < -0.39 is 0 Å². The average Bonchev–Trinajstić information content (AvgIpc) is 3.18. The van der Waals surface area contributed by atoms with E-state index in [0.717, 1.165) is 48.4 Å². The molecule has 3 aromatic carbocycles. The summed E-state index contributed by atoms with van der Waals surface area (Å²) in [5, 5.41) is 3.25. The maximum Gasteiger partial charge on any atom is 0.234 e. The van der Waals surface area contributed by atoms with Crippen LogP contribution in [0.2, 0.25) is 0 Å². The van der Waals surface area contributed by atoms with Crippen molar-refractivity contribution in [3.63, 3.8) is 0 Å². The number of Topliss-reactive ketones (excluding diaryl/α,β-unsaturated/α-hetero) is 1. The lowest BCUT2D eigenvalue weighted by molar-refractivity contribution is -0.123. The van der Waals surface area contributed by atoms with Gasteiger partial charge in [0.1, 0.15) is 5.75 Å². The number of ketones is 1. The molecule has 0 aromatic heterocycles. The topological polar surface area (TPSA) is 58.6 Å². The van der Waals surface area contributed by atoms with Crippen LogP contribution in [0.5, 0.6) is 5.75 Å². The molecule has 0 bridgehead atoms. The number of piperidine rings is 1. The molecule has 0 radical (unpaired) electrons. The Hall–Kier alpha value is -3.44. The van der Waals surface area contributed by atoms with Crippen molar-refractivity contribution in [3.8, 4) is 16.9 Å². The van der Waals surface area contributed by atoms with Crippen LogP contribution in [0.3, 0.4) is 0 Å². The van der Waals surface area contributed by atoms with E-state index in [4.69, 9.17) is 4.74 Å².